The van der Waals surface area contributed by atoms with Crippen molar-refractivity contribution in [2.45, 2.75) is 29.4 Å². The summed E-state index contributed by atoms with van der Waals surface area (Å²) in [5.74, 6) is -3.22. The Morgan fingerprint density at radius 2 is 1.61 bits per heavy atom. The third kappa shape index (κ3) is 5.12. The number of imide groups is 1. The number of hydrogen-bond acceptors (Lipinski definition) is 5. The zero-order valence-corrected chi connectivity index (χ0v) is 19.0. The normalized spacial score (nSPS) is 22.5. The highest BCUT2D eigenvalue weighted by atomic mass is 35.5. The number of rotatable bonds is 6. The maximum atomic E-state index is 12.8. The molecule has 2 aromatic carbocycles. The fourth-order valence-corrected chi connectivity index (χ4v) is 5.13. The number of carboxylic acid groups (broad SMARTS) is 1. The Kier molecular flexibility index (Phi) is 6.85. The van der Waals surface area contributed by atoms with Gasteiger partial charge >= 0.3 is 5.97 Å². The number of nitrogens with one attached hydrogen (secondary N) is 1. The van der Waals surface area contributed by atoms with Crippen LogP contribution >= 0.6 is 23.4 Å². The fourth-order valence-electron chi connectivity index (χ4n) is 3.95. The average Bonchev–Trinajstić information content (AvgIpc) is 3.08. The molecule has 1 aliphatic heterocycles. The number of halogens is 1. The Morgan fingerprint density at radius 1 is 0.970 bits per heavy atom. The molecule has 0 saturated carbocycles. The quantitative estimate of drug-likeness (QED) is 0.466. The standard InChI is InChI=1S/C24H21ClN2O5S/c25-14-5-9-16(10-6-14)27-21(28)13-20(23(27)30)33-17-11-7-15(8-12-17)26-22(29)18-3-1-2-4-19(18)24(31)32/h1-2,5-12,18-20H,3-4,13H2,(H,26,29)(H,31,32). The molecular formula is C24H21ClN2O5S. The molecule has 1 fully saturated rings. The van der Waals surface area contributed by atoms with E-state index in [0.717, 1.165) is 4.90 Å². The van der Waals surface area contributed by atoms with Gasteiger partial charge in [-0.25, -0.2) is 4.90 Å². The lowest BCUT2D eigenvalue weighted by Gasteiger charge is -2.24. The third-order valence-electron chi connectivity index (χ3n) is 5.68. The average molecular weight is 485 g/mol. The van der Waals surface area contributed by atoms with Crippen molar-refractivity contribution in [1.29, 1.82) is 0 Å². The van der Waals surface area contributed by atoms with Gasteiger partial charge in [0.2, 0.25) is 17.7 Å². The minimum atomic E-state index is -0.977. The minimum absolute atomic E-state index is 0.0936. The molecule has 0 bridgehead atoms. The predicted octanol–water partition coefficient (Wildman–Crippen LogP) is 4.37. The highest BCUT2D eigenvalue weighted by molar-refractivity contribution is 8.00. The molecule has 2 aromatic rings. The van der Waals surface area contributed by atoms with Gasteiger partial charge in [-0.15, -0.1) is 11.8 Å². The number of nitrogens with zero attached hydrogens (tertiary/aromatic N) is 1. The lowest BCUT2D eigenvalue weighted by molar-refractivity contribution is -0.146. The topological polar surface area (TPSA) is 104 Å². The second-order valence-corrected chi connectivity index (χ2v) is 9.57. The van der Waals surface area contributed by atoms with Gasteiger partial charge in [0.1, 0.15) is 0 Å². The van der Waals surface area contributed by atoms with Crippen LogP contribution in [0.15, 0.2) is 65.6 Å². The van der Waals surface area contributed by atoms with Crippen LogP contribution in [0.1, 0.15) is 19.3 Å². The summed E-state index contributed by atoms with van der Waals surface area (Å²) in [4.78, 5) is 51.3. The van der Waals surface area contributed by atoms with Gasteiger partial charge in [0.15, 0.2) is 0 Å². The second-order valence-electron chi connectivity index (χ2n) is 7.86. The molecule has 3 amide bonds. The zero-order valence-electron chi connectivity index (χ0n) is 17.4. The Morgan fingerprint density at radius 3 is 2.24 bits per heavy atom. The Balaban J connectivity index is 1.39. The van der Waals surface area contributed by atoms with Gasteiger partial charge < -0.3 is 10.4 Å². The van der Waals surface area contributed by atoms with E-state index in [1.165, 1.54) is 16.7 Å². The number of carbonyl (C=O) groups is 4. The van der Waals surface area contributed by atoms with Crippen molar-refractivity contribution in [3.8, 4) is 0 Å². The summed E-state index contributed by atoms with van der Waals surface area (Å²) in [7, 11) is 0. The summed E-state index contributed by atoms with van der Waals surface area (Å²) in [6.07, 6.45) is 4.44. The zero-order chi connectivity index (χ0) is 23.5. The van der Waals surface area contributed by atoms with Crippen LogP contribution in [0.2, 0.25) is 5.02 Å². The minimum Gasteiger partial charge on any atom is -0.481 e. The Hall–Kier alpha value is -3.10. The number of carboxylic acids is 1. The van der Waals surface area contributed by atoms with Crippen LogP contribution < -0.4 is 10.2 Å². The van der Waals surface area contributed by atoms with Gasteiger partial charge in [0.25, 0.3) is 0 Å². The van der Waals surface area contributed by atoms with Crippen molar-refractivity contribution in [3.63, 3.8) is 0 Å². The lowest BCUT2D eigenvalue weighted by atomic mass is 9.82. The largest absolute Gasteiger partial charge is 0.481 e. The summed E-state index contributed by atoms with van der Waals surface area (Å²) >= 11 is 7.18. The second kappa shape index (κ2) is 9.80. The van der Waals surface area contributed by atoms with Crippen LogP contribution in [0.5, 0.6) is 0 Å². The van der Waals surface area contributed by atoms with E-state index in [4.69, 9.17) is 11.6 Å². The molecule has 2 N–H and O–H groups in total. The van der Waals surface area contributed by atoms with Gasteiger partial charge in [-0.1, -0.05) is 23.8 Å². The first-order chi connectivity index (χ1) is 15.8. The van der Waals surface area contributed by atoms with Crippen molar-refractivity contribution < 1.29 is 24.3 Å². The van der Waals surface area contributed by atoms with E-state index in [9.17, 15) is 24.3 Å². The molecular weight excluding hydrogens is 464 g/mol. The third-order valence-corrected chi connectivity index (χ3v) is 7.13. The molecule has 1 heterocycles. The van der Waals surface area contributed by atoms with Gasteiger partial charge in [-0.3, -0.25) is 19.2 Å². The number of aliphatic carboxylic acids is 1. The van der Waals surface area contributed by atoms with Crippen LogP contribution in [-0.4, -0.2) is 34.0 Å². The van der Waals surface area contributed by atoms with Crippen molar-refractivity contribution in [2.24, 2.45) is 11.8 Å². The number of benzene rings is 2. The first kappa shape index (κ1) is 23.1. The highest BCUT2D eigenvalue weighted by Gasteiger charge is 2.40. The van der Waals surface area contributed by atoms with Crippen molar-refractivity contribution in [1.82, 2.24) is 0 Å². The number of thioether (sulfide) groups is 1. The molecule has 0 aromatic heterocycles. The van der Waals surface area contributed by atoms with E-state index >= 15 is 0 Å². The molecule has 4 rings (SSSR count). The van der Waals surface area contributed by atoms with Gasteiger partial charge in [-0.2, -0.15) is 0 Å². The molecule has 7 nitrogen and oxygen atoms in total. The SMILES string of the molecule is O=C(O)C1CC=CCC1C(=O)Nc1ccc(SC2CC(=O)N(c3ccc(Cl)cc3)C2=O)cc1. The number of carbonyl (C=O) groups excluding carboxylic acids is 3. The lowest BCUT2D eigenvalue weighted by Crippen LogP contribution is -2.34. The summed E-state index contributed by atoms with van der Waals surface area (Å²) in [6.45, 7) is 0. The maximum Gasteiger partial charge on any atom is 0.307 e. The molecule has 3 unspecified atom stereocenters. The number of hydrogen-bond donors (Lipinski definition) is 2. The highest BCUT2D eigenvalue weighted by Crippen LogP contribution is 2.35. The van der Waals surface area contributed by atoms with Crippen LogP contribution in [0.25, 0.3) is 0 Å². The van der Waals surface area contributed by atoms with Crippen LogP contribution in [0.4, 0.5) is 11.4 Å². The van der Waals surface area contributed by atoms with E-state index in [1.54, 1.807) is 54.6 Å². The van der Waals surface area contributed by atoms with Gasteiger partial charge in [0, 0.05) is 22.0 Å². The summed E-state index contributed by atoms with van der Waals surface area (Å²) < 4.78 is 0. The molecule has 1 aliphatic carbocycles. The van der Waals surface area contributed by atoms with Crippen molar-refractivity contribution >= 4 is 58.4 Å². The van der Waals surface area contributed by atoms with Crippen LogP contribution in [0, 0.1) is 11.8 Å². The number of anilines is 2. The molecule has 9 heteroatoms. The monoisotopic (exact) mass is 484 g/mol. The number of amides is 3. The van der Waals surface area contributed by atoms with Crippen molar-refractivity contribution in [3.05, 3.63) is 65.7 Å². The van der Waals surface area contributed by atoms with Crippen LogP contribution in [-0.2, 0) is 19.2 Å². The van der Waals surface area contributed by atoms with E-state index < -0.39 is 23.1 Å². The summed E-state index contributed by atoms with van der Waals surface area (Å²) in [5.41, 5.74) is 1.03. The van der Waals surface area contributed by atoms with Gasteiger partial charge in [-0.05, 0) is 61.4 Å². The van der Waals surface area contributed by atoms with Crippen molar-refractivity contribution in [2.75, 3.05) is 10.2 Å². The maximum absolute atomic E-state index is 12.8. The van der Waals surface area contributed by atoms with Gasteiger partial charge in [0.05, 0.1) is 22.8 Å². The first-order valence-corrected chi connectivity index (χ1v) is 11.7. The van der Waals surface area contributed by atoms with E-state index in [2.05, 4.69) is 5.32 Å². The van der Waals surface area contributed by atoms with E-state index in [1.807, 2.05) is 6.08 Å². The molecule has 2 aliphatic rings. The number of allylic oxidation sites excluding steroid dienone is 2. The van der Waals surface area contributed by atoms with E-state index in [0.29, 0.717) is 29.2 Å². The van der Waals surface area contributed by atoms with E-state index in [-0.39, 0.29) is 24.1 Å². The van der Waals surface area contributed by atoms with Crippen LogP contribution in [0.3, 0.4) is 0 Å². The Labute approximate surface area is 199 Å². The molecule has 3 atom stereocenters. The first-order valence-electron chi connectivity index (χ1n) is 10.4. The fraction of sp³-hybridized carbons (Fsp3) is 0.250. The summed E-state index contributed by atoms with van der Waals surface area (Å²) in [5, 5.41) is 12.1. The summed E-state index contributed by atoms with van der Waals surface area (Å²) in [6, 6.07) is 13.5. The molecule has 1 saturated heterocycles. The molecule has 0 spiro atoms. The predicted molar refractivity (Wildman–Crippen MR) is 126 cm³/mol. The molecule has 33 heavy (non-hydrogen) atoms. The Bertz CT molecular complexity index is 1120. The molecule has 170 valence electrons. The molecule has 0 radical (unpaired) electrons. The smallest absolute Gasteiger partial charge is 0.307 e.